The van der Waals surface area contributed by atoms with Crippen LogP contribution in [0.3, 0.4) is 0 Å². The van der Waals surface area contributed by atoms with Gasteiger partial charge in [0, 0.05) is 19.2 Å². The SMILES string of the molecule is COc1ccc(CNC(=O)c2cc(NCCC(C)C)nc(C)n2)cc1OC. The molecule has 146 valence electrons. The maximum Gasteiger partial charge on any atom is 0.270 e. The van der Waals surface area contributed by atoms with Gasteiger partial charge in [0.2, 0.25) is 0 Å². The Balaban J connectivity index is 2.02. The van der Waals surface area contributed by atoms with Crippen molar-refractivity contribution < 1.29 is 14.3 Å². The summed E-state index contributed by atoms with van der Waals surface area (Å²) in [6, 6.07) is 7.21. The van der Waals surface area contributed by atoms with Crippen molar-refractivity contribution in [2.24, 2.45) is 5.92 Å². The molecule has 2 rings (SSSR count). The van der Waals surface area contributed by atoms with Gasteiger partial charge in [-0.15, -0.1) is 0 Å². The maximum absolute atomic E-state index is 12.5. The van der Waals surface area contributed by atoms with Crippen LogP contribution in [0.1, 0.15) is 42.1 Å². The predicted octanol–water partition coefficient (Wildman–Crippen LogP) is 3.19. The molecule has 27 heavy (non-hydrogen) atoms. The number of nitrogens with one attached hydrogen (secondary N) is 2. The molecule has 1 aromatic carbocycles. The number of hydrogen-bond acceptors (Lipinski definition) is 6. The summed E-state index contributed by atoms with van der Waals surface area (Å²) in [6.07, 6.45) is 1.03. The number of carbonyl (C=O) groups is 1. The molecule has 1 aromatic heterocycles. The lowest BCUT2D eigenvalue weighted by Gasteiger charge is -2.11. The summed E-state index contributed by atoms with van der Waals surface area (Å²) in [6.45, 7) is 7.28. The summed E-state index contributed by atoms with van der Waals surface area (Å²) in [4.78, 5) is 21.1. The molecule has 0 unspecified atom stereocenters. The second-order valence-corrected chi connectivity index (χ2v) is 6.67. The van der Waals surface area contributed by atoms with Gasteiger partial charge in [-0.25, -0.2) is 9.97 Å². The van der Waals surface area contributed by atoms with Crippen molar-refractivity contribution in [2.75, 3.05) is 26.1 Å². The number of carbonyl (C=O) groups excluding carboxylic acids is 1. The standard InChI is InChI=1S/C20H28N4O3/c1-13(2)8-9-21-19-11-16(23-14(3)24-19)20(25)22-12-15-6-7-17(26-4)18(10-15)27-5/h6-7,10-11,13H,8-9,12H2,1-5H3,(H,22,25)(H,21,23,24). The number of ether oxygens (including phenoxy) is 2. The average molecular weight is 372 g/mol. The van der Waals surface area contributed by atoms with Crippen LogP contribution >= 0.6 is 0 Å². The molecule has 0 saturated carbocycles. The largest absolute Gasteiger partial charge is 0.493 e. The molecule has 1 heterocycles. The topological polar surface area (TPSA) is 85.4 Å². The average Bonchev–Trinajstić information content (AvgIpc) is 2.65. The van der Waals surface area contributed by atoms with Crippen molar-refractivity contribution in [3.8, 4) is 11.5 Å². The summed E-state index contributed by atoms with van der Waals surface area (Å²) < 4.78 is 10.5. The first kappa shape index (κ1) is 20.5. The minimum Gasteiger partial charge on any atom is -0.493 e. The highest BCUT2D eigenvalue weighted by molar-refractivity contribution is 5.92. The van der Waals surface area contributed by atoms with Crippen LogP contribution in [0.15, 0.2) is 24.3 Å². The Kier molecular flexibility index (Phi) is 7.40. The molecule has 7 heteroatoms. The molecule has 2 aromatic rings. The van der Waals surface area contributed by atoms with Crippen molar-refractivity contribution in [3.63, 3.8) is 0 Å². The molecule has 0 saturated heterocycles. The lowest BCUT2D eigenvalue weighted by molar-refractivity contribution is 0.0945. The minimum absolute atomic E-state index is 0.248. The van der Waals surface area contributed by atoms with Crippen molar-refractivity contribution in [3.05, 3.63) is 41.3 Å². The van der Waals surface area contributed by atoms with Gasteiger partial charge >= 0.3 is 0 Å². The lowest BCUT2D eigenvalue weighted by Crippen LogP contribution is -2.24. The van der Waals surface area contributed by atoms with Crippen LogP contribution < -0.4 is 20.1 Å². The third kappa shape index (κ3) is 6.13. The van der Waals surface area contributed by atoms with Crippen LogP contribution in [-0.2, 0) is 6.54 Å². The summed E-state index contributed by atoms with van der Waals surface area (Å²) in [5, 5.41) is 6.13. The molecule has 0 bridgehead atoms. The van der Waals surface area contributed by atoms with E-state index >= 15 is 0 Å². The smallest absolute Gasteiger partial charge is 0.270 e. The molecule has 7 nitrogen and oxygen atoms in total. The first-order valence-corrected chi connectivity index (χ1v) is 9.01. The molecule has 0 aliphatic carbocycles. The third-order valence-electron chi connectivity index (χ3n) is 4.00. The first-order chi connectivity index (χ1) is 12.9. The number of hydrogen-bond donors (Lipinski definition) is 2. The number of aryl methyl sites for hydroxylation is 1. The zero-order valence-electron chi connectivity index (χ0n) is 16.6. The minimum atomic E-state index is -0.248. The lowest BCUT2D eigenvalue weighted by atomic mass is 10.1. The van der Waals surface area contributed by atoms with Gasteiger partial charge in [-0.1, -0.05) is 19.9 Å². The van der Waals surface area contributed by atoms with E-state index in [2.05, 4.69) is 34.4 Å². The number of aromatic nitrogens is 2. The highest BCUT2D eigenvalue weighted by Gasteiger charge is 2.11. The van der Waals surface area contributed by atoms with Gasteiger partial charge in [-0.3, -0.25) is 4.79 Å². The number of nitrogens with zero attached hydrogens (tertiary/aromatic N) is 2. The summed E-state index contributed by atoms with van der Waals surface area (Å²) in [5.74, 6) is 2.85. The molecule has 0 spiro atoms. The predicted molar refractivity (Wildman–Crippen MR) is 105 cm³/mol. The molecular formula is C20H28N4O3. The van der Waals surface area contributed by atoms with Gasteiger partial charge in [0.05, 0.1) is 14.2 Å². The van der Waals surface area contributed by atoms with E-state index in [4.69, 9.17) is 9.47 Å². The van der Waals surface area contributed by atoms with Gasteiger partial charge in [0.25, 0.3) is 5.91 Å². The fraction of sp³-hybridized carbons (Fsp3) is 0.450. The molecular weight excluding hydrogens is 344 g/mol. The highest BCUT2D eigenvalue weighted by atomic mass is 16.5. The van der Waals surface area contributed by atoms with E-state index in [0.29, 0.717) is 41.3 Å². The maximum atomic E-state index is 12.5. The molecule has 2 N–H and O–H groups in total. The zero-order chi connectivity index (χ0) is 19.8. The van der Waals surface area contributed by atoms with Gasteiger partial charge < -0.3 is 20.1 Å². The van der Waals surface area contributed by atoms with Crippen LogP contribution in [0.5, 0.6) is 11.5 Å². The second kappa shape index (κ2) is 9.75. The van der Waals surface area contributed by atoms with Crippen molar-refractivity contribution in [1.82, 2.24) is 15.3 Å². The number of rotatable bonds is 9. The molecule has 0 aliphatic heterocycles. The normalized spacial score (nSPS) is 10.6. The Hall–Kier alpha value is -2.83. The van der Waals surface area contributed by atoms with E-state index in [9.17, 15) is 4.79 Å². The Morgan fingerprint density at radius 1 is 1.11 bits per heavy atom. The fourth-order valence-corrected chi connectivity index (χ4v) is 2.53. The van der Waals surface area contributed by atoms with Crippen LogP contribution in [0.25, 0.3) is 0 Å². The Morgan fingerprint density at radius 3 is 2.52 bits per heavy atom. The van der Waals surface area contributed by atoms with Crippen LogP contribution in [0.4, 0.5) is 5.82 Å². The van der Waals surface area contributed by atoms with Gasteiger partial charge in [0.15, 0.2) is 11.5 Å². The van der Waals surface area contributed by atoms with E-state index in [1.807, 2.05) is 18.2 Å². The van der Waals surface area contributed by atoms with Gasteiger partial charge in [-0.2, -0.15) is 0 Å². The number of methoxy groups -OCH3 is 2. The number of amides is 1. The third-order valence-corrected chi connectivity index (χ3v) is 4.00. The Labute approximate surface area is 160 Å². The Morgan fingerprint density at radius 2 is 1.85 bits per heavy atom. The van der Waals surface area contributed by atoms with Gasteiger partial charge in [0.1, 0.15) is 17.3 Å². The number of anilines is 1. The fourth-order valence-electron chi connectivity index (χ4n) is 2.53. The molecule has 0 aliphatic rings. The van der Waals surface area contributed by atoms with Crippen molar-refractivity contribution in [2.45, 2.75) is 33.7 Å². The van der Waals surface area contributed by atoms with E-state index in [0.717, 1.165) is 18.5 Å². The molecule has 0 fully saturated rings. The molecule has 0 radical (unpaired) electrons. The zero-order valence-corrected chi connectivity index (χ0v) is 16.6. The van der Waals surface area contributed by atoms with Crippen molar-refractivity contribution in [1.29, 1.82) is 0 Å². The molecule has 0 atom stereocenters. The monoisotopic (exact) mass is 372 g/mol. The van der Waals surface area contributed by atoms with Crippen LogP contribution in [0.2, 0.25) is 0 Å². The van der Waals surface area contributed by atoms with E-state index in [1.165, 1.54) is 0 Å². The summed E-state index contributed by atoms with van der Waals surface area (Å²) in [7, 11) is 3.17. The Bertz CT molecular complexity index is 778. The summed E-state index contributed by atoms with van der Waals surface area (Å²) in [5.41, 5.74) is 1.25. The van der Waals surface area contributed by atoms with E-state index < -0.39 is 0 Å². The first-order valence-electron chi connectivity index (χ1n) is 9.01. The van der Waals surface area contributed by atoms with Gasteiger partial charge in [-0.05, 0) is 37.0 Å². The van der Waals surface area contributed by atoms with Crippen LogP contribution in [-0.4, -0.2) is 36.6 Å². The quantitative estimate of drug-likeness (QED) is 0.703. The van der Waals surface area contributed by atoms with E-state index in [1.54, 1.807) is 27.2 Å². The molecule has 1 amide bonds. The van der Waals surface area contributed by atoms with Crippen molar-refractivity contribution >= 4 is 11.7 Å². The van der Waals surface area contributed by atoms with E-state index in [-0.39, 0.29) is 5.91 Å². The highest BCUT2D eigenvalue weighted by Crippen LogP contribution is 2.27. The number of benzene rings is 1. The second-order valence-electron chi connectivity index (χ2n) is 6.67. The summed E-state index contributed by atoms with van der Waals surface area (Å²) >= 11 is 0. The van der Waals surface area contributed by atoms with Crippen LogP contribution in [0, 0.1) is 12.8 Å².